The summed E-state index contributed by atoms with van der Waals surface area (Å²) >= 11 is 0. The van der Waals surface area contributed by atoms with E-state index in [1.165, 1.54) is 0 Å². The van der Waals surface area contributed by atoms with Gasteiger partial charge in [-0.3, -0.25) is 9.78 Å². The fraction of sp³-hybridized carbons (Fsp3) is 0.207. The van der Waals surface area contributed by atoms with Gasteiger partial charge in [-0.05, 0) is 66.6 Å². The van der Waals surface area contributed by atoms with Gasteiger partial charge in [0.05, 0.1) is 38.0 Å². The van der Waals surface area contributed by atoms with Gasteiger partial charge in [0, 0.05) is 42.9 Å². The highest BCUT2D eigenvalue weighted by Gasteiger charge is 2.24. The molecule has 0 aliphatic carbocycles. The quantitative estimate of drug-likeness (QED) is 0.320. The van der Waals surface area contributed by atoms with Crippen LogP contribution in [0.3, 0.4) is 0 Å². The minimum atomic E-state index is -0.136. The zero-order chi connectivity index (χ0) is 25.5. The minimum absolute atomic E-state index is 0.136. The number of nitriles is 1. The van der Waals surface area contributed by atoms with Crippen molar-refractivity contribution in [1.82, 2.24) is 14.5 Å². The lowest BCUT2D eigenvalue weighted by Gasteiger charge is -2.22. The van der Waals surface area contributed by atoms with Crippen LogP contribution in [-0.2, 0) is 6.54 Å². The van der Waals surface area contributed by atoms with Gasteiger partial charge in [-0.25, -0.2) is 0 Å². The Bertz CT molecular complexity index is 1370. The molecular weight excluding hydrogens is 452 g/mol. The van der Waals surface area contributed by atoms with E-state index in [0.29, 0.717) is 18.7 Å². The van der Waals surface area contributed by atoms with Gasteiger partial charge in [-0.2, -0.15) is 5.26 Å². The Kier molecular flexibility index (Phi) is 7.66. The lowest BCUT2D eigenvalue weighted by atomic mass is 10.1. The number of methoxy groups -OCH3 is 2. The first kappa shape index (κ1) is 24.6. The standard InChI is InChI=1S/C29H28N4O3/c1-21-27(29(34)32(16-6-14-30)20-22-7-5-15-31-19-22)18-28(23-10-12-25(35-2)13-11-23)33(21)24-8-4-9-26(17-24)36-3/h4-5,7-13,15,17-19H,6,16,20H2,1-3H3. The average molecular weight is 481 g/mol. The summed E-state index contributed by atoms with van der Waals surface area (Å²) in [6, 6.07) is 23.3. The number of hydrogen-bond donors (Lipinski definition) is 0. The monoisotopic (exact) mass is 480 g/mol. The number of carbonyl (C=O) groups is 1. The Morgan fingerprint density at radius 3 is 2.47 bits per heavy atom. The Morgan fingerprint density at radius 2 is 1.81 bits per heavy atom. The molecule has 2 aromatic heterocycles. The van der Waals surface area contributed by atoms with E-state index < -0.39 is 0 Å². The Balaban J connectivity index is 1.82. The smallest absolute Gasteiger partial charge is 0.256 e. The summed E-state index contributed by atoms with van der Waals surface area (Å²) in [7, 11) is 3.26. The molecule has 2 aromatic carbocycles. The van der Waals surface area contributed by atoms with Crippen LogP contribution in [-0.4, -0.2) is 41.1 Å². The van der Waals surface area contributed by atoms with Crippen molar-refractivity contribution in [3.05, 3.63) is 95.9 Å². The Hall–Kier alpha value is -4.57. The second kappa shape index (κ2) is 11.2. The lowest BCUT2D eigenvalue weighted by Crippen LogP contribution is -2.31. The van der Waals surface area contributed by atoms with Crippen LogP contribution in [0.2, 0.25) is 0 Å². The maximum Gasteiger partial charge on any atom is 0.256 e. The van der Waals surface area contributed by atoms with Crippen molar-refractivity contribution >= 4 is 5.91 Å². The molecule has 182 valence electrons. The molecule has 0 aliphatic heterocycles. The van der Waals surface area contributed by atoms with Crippen LogP contribution in [0.5, 0.6) is 11.5 Å². The predicted octanol–water partition coefficient (Wildman–Crippen LogP) is 5.42. The van der Waals surface area contributed by atoms with E-state index in [4.69, 9.17) is 9.47 Å². The SMILES string of the molecule is COc1ccc(-c2cc(C(=O)N(CCC#N)Cc3cccnc3)c(C)n2-c2cccc(OC)c2)cc1. The number of amides is 1. The molecule has 0 radical (unpaired) electrons. The van der Waals surface area contributed by atoms with Gasteiger partial charge in [0.2, 0.25) is 0 Å². The second-order valence-electron chi connectivity index (χ2n) is 8.29. The third-order valence-corrected chi connectivity index (χ3v) is 6.05. The zero-order valence-corrected chi connectivity index (χ0v) is 20.6. The molecule has 7 nitrogen and oxygen atoms in total. The molecular formula is C29H28N4O3. The number of rotatable bonds is 9. The van der Waals surface area contributed by atoms with Gasteiger partial charge >= 0.3 is 0 Å². The van der Waals surface area contributed by atoms with Crippen molar-refractivity contribution < 1.29 is 14.3 Å². The molecule has 7 heteroatoms. The third kappa shape index (κ3) is 5.23. The minimum Gasteiger partial charge on any atom is -0.497 e. The van der Waals surface area contributed by atoms with Gasteiger partial charge < -0.3 is 18.9 Å². The number of ether oxygens (including phenoxy) is 2. The second-order valence-corrected chi connectivity index (χ2v) is 8.29. The third-order valence-electron chi connectivity index (χ3n) is 6.05. The Labute approximate surface area is 211 Å². The summed E-state index contributed by atoms with van der Waals surface area (Å²) in [4.78, 5) is 19.7. The predicted molar refractivity (Wildman–Crippen MR) is 138 cm³/mol. The van der Waals surface area contributed by atoms with E-state index in [9.17, 15) is 10.1 Å². The van der Waals surface area contributed by atoms with E-state index in [2.05, 4.69) is 15.6 Å². The van der Waals surface area contributed by atoms with Crippen molar-refractivity contribution in [2.24, 2.45) is 0 Å². The van der Waals surface area contributed by atoms with Crippen LogP contribution in [0.25, 0.3) is 16.9 Å². The molecule has 0 fully saturated rings. The fourth-order valence-corrected chi connectivity index (χ4v) is 4.20. The first-order chi connectivity index (χ1) is 17.5. The number of hydrogen-bond acceptors (Lipinski definition) is 5. The molecule has 0 atom stereocenters. The molecule has 0 saturated carbocycles. The number of nitrogens with zero attached hydrogens (tertiary/aromatic N) is 4. The topological polar surface area (TPSA) is 80.4 Å². The summed E-state index contributed by atoms with van der Waals surface area (Å²) in [5.74, 6) is 1.34. The Morgan fingerprint density at radius 1 is 1.03 bits per heavy atom. The van der Waals surface area contributed by atoms with Crippen molar-refractivity contribution in [2.75, 3.05) is 20.8 Å². The van der Waals surface area contributed by atoms with E-state index in [1.807, 2.05) is 73.7 Å². The first-order valence-corrected chi connectivity index (χ1v) is 11.6. The van der Waals surface area contributed by atoms with Crippen LogP contribution >= 0.6 is 0 Å². The molecule has 4 rings (SSSR count). The van der Waals surface area contributed by atoms with Crippen molar-refractivity contribution in [1.29, 1.82) is 5.26 Å². The van der Waals surface area contributed by atoms with Crippen molar-refractivity contribution in [2.45, 2.75) is 19.9 Å². The van der Waals surface area contributed by atoms with Gasteiger partial charge in [0.15, 0.2) is 0 Å². The molecule has 4 aromatic rings. The largest absolute Gasteiger partial charge is 0.497 e. The van der Waals surface area contributed by atoms with Crippen LogP contribution < -0.4 is 9.47 Å². The molecule has 1 amide bonds. The maximum absolute atomic E-state index is 13.9. The van der Waals surface area contributed by atoms with Crippen LogP contribution in [0.15, 0.2) is 79.1 Å². The molecule has 0 saturated heterocycles. The molecule has 0 N–H and O–H groups in total. The van der Waals surface area contributed by atoms with Gasteiger partial charge in [0.25, 0.3) is 5.91 Å². The molecule has 0 aliphatic rings. The highest BCUT2D eigenvalue weighted by atomic mass is 16.5. The van der Waals surface area contributed by atoms with Crippen LogP contribution in [0.4, 0.5) is 0 Å². The normalized spacial score (nSPS) is 10.5. The van der Waals surface area contributed by atoms with E-state index >= 15 is 0 Å². The summed E-state index contributed by atoms with van der Waals surface area (Å²) in [5.41, 5.74) is 4.97. The lowest BCUT2D eigenvalue weighted by molar-refractivity contribution is 0.0746. The fourth-order valence-electron chi connectivity index (χ4n) is 4.20. The summed E-state index contributed by atoms with van der Waals surface area (Å²) in [5, 5.41) is 9.20. The van der Waals surface area contributed by atoms with Crippen molar-refractivity contribution in [3.8, 4) is 34.5 Å². The molecule has 0 unspecified atom stereocenters. The maximum atomic E-state index is 13.9. The number of carbonyl (C=O) groups excluding carboxylic acids is 1. The van der Waals surface area contributed by atoms with Gasteiger partial charge in [0.1, 0.15) is 11.5 Å². The van der Waals surface area contributed by atoms with Crippen LogP contribution in [0.1, 0.15) is 28.0 Å². The van der Waals surface area contributed by atoms with E-state index in [1.54, 1.807) is 31.5 Å². The first-order valence-electron chi connectivity index (χ1n) is 11.6. The molecule has 0 bridgehead atoms. The molecule has 0 spiro atoms. The highest BCUT2D eigenvalue weighted by molar-refractivity contribution is 5.97. The van der Waals surface area contributed by atoms with Gasteiger partial charge in [-0.15, -0.1) is 0 Å². The molecule has 36 heavy (non-hydrogen) atoms. The average Bonchev–Trinajstić information content (AvgIpc) is 3.28. The molecule has 2 heterocycles. The summed E-state index contributed by atoms with van der Waals surface area (Å²) in [6.45, 7) is 2.63. The summed E-state index contributed by atoms with van der Waals surface area (Å²) < 4.78 is 12.8. The zero-order valence-electron chi connectivity index (χ0n) is 20.6. The number of pyridine rings is 1. The van der Waals surface area contributed by atoms with E-state index in [-0.39, 0.29) is 12.3 Å². The summed E-state index contributed by atoms with van der Waals surface area (Å²) in [6.07, 6.45) is 3.68. The van der Waals surface area contributed by atoms with E-state index in [0.717, 1.165) is 39.7 Å². The van der Waals surface area contributed by atoms with Gasteiger partial charge in [-0.1, -0.05) is 12.1 Å². The van der Waals surface area contributed by atoms with Crippen LogP contribution in [0, 0.1) is 18.3 Å². The van der Waals surface area contributed by atoms with Crippen molar-refractivity contribution in [3.63, 3.8) is 0 Å². The number of benzene rings is 2. The highest BCUT2D eigenvalue weighted by Crippen LogP contribution is 2.32. The number of aromatic nitrogens is 2.